The second kappa shape index (κ2) is 7.15. The number of hydrogen-bond donors (Lipinski definition) is 1. The molecule has 0 aliphatic carbocycles. The number of aromatic nitrogens is 1. The van der Waals surface area contributed by atoms with Crippen LogP contribution in [0.5, 0.6) is 0 Å². The molecule has 0 amide bonds. The van der Waals surface area contributed by atoms with Crippen molar-refractivity contribution in [3.63, 3.8) is 0 Å². The van der Waals surface area contributed by atoms with Crippen molar-refractivity contribution < 1.29 is 0 Å². The minimum atomic E-state index is 0.521. The standard InChI is InChI=1S/C12H19ClN2S/c1-9(2)6-14-7-10(3)16-12-5-4-11(13)8-15-12/h4-5,8-10,14H,6-7H2,1-3H3. The fraction of sp³-hybridized carbons (Fsp3) is 0.583. The molecule has 4 heteroatoms. The average Bonchev–Trinajstić information content (AvgIpc) is 2.21. The summed E-state index contributed by atoms with van der Waals surface area (Å²) in [5, 5.41) is 5.68. The zero-order valence-electron chi connectivity index (χ0n) is 10.0. The highest BCUT2D eigenvalue weighted by Crippen LogP contribution is 2.21. The van der Waals surface area contributed by atoms with E-state index in [-0.39, 0.29) is 0 Å². The summed E-state index contributed by atoms with van der Waals surface area (Å²) in [6.45, 7) is 8.71. The Bertz CT molecular complexity index is 300. The van der Waals surface area contributed by atoms with Crippen LogP contribution in [0.1, 0.15) is 20.8 Å². The third-order valence-electron chi connectivity index (χ3n) is 2.01. The summed E-state index contributed by atoms with van der Waals surface area (Å²) in [6, 6.07) is 3.84. The minimum Gasteiger partial charge on any atom is -0.315 e. The number of thioether (sulfide) groups is 1. The molecule has 1 heterocycles. The number of pyridine rings is 1. The molecular weight excluding hydrogens is 240 g/mol. The van der Waals surface area contributed by atoms with Crippen molar-refractivity contribution in [1.82, 2.24) is 10.3 Å². The highest BCUT2D eigenvalue weighted by molar-refractivity contribution is 7.99. The summed E-state index contributed by atoms with van der Waals surface area (Å²) < 4.78 is 0. The summed E-state index contributed by atoms with van der Waals surface area (Å²) in [6.07, 6.45) is 1.69. The van der Waals surface area contributed by atoms with Gasteiger partial charge in [0.25, 0.3) is 0 Å². The second-order valence-corrected chi connectivity index (χ2v) is 6.19. The molecule has 1 unspecified atom stereocenters. The van der Waals surface area contributed by atoms with Crippen LogP contribution in [0.25, 0.3) is 0 Å². The fourth-order valence-corrected chi connectivity index (χ4v) is 2.24. The molecule has 0 fully saturated rings. The van der Waals surface area contributed by atoms with Crippen molar-refractivity contribution >= 4 is 23.4 Å². The first-order valence-electron chi connectivity index (χ1n) is 5.57. The first kappa shape index (κ1) is 13.8. The molecule has 2 nitrogen and oxygen atoms in total. The lowest BCUT2D eigenvalue weighted by atomic mass is 10.2. The number of halogens is 1. The Morgan fingerprint density at radius 3 is 2.62 bits per heavy atom. The van der Waals surface area contributed by atoms with E-state index in [2.05, 4.69) is 31.1 Å². The van der Waals surface area contributed by atoms with Crippen LogP contribution in [0.4, 0.5) is 0 Å². The molecule has 1 aromatic rings. The molecule has 0 saturated carbocycles. The van der Waals surface area contributed by atoms with E-state index < -0.39 is 0 Å². The number of nitrogens with one attached hydrogen (secondary N) is 1. The van der Waals surface area contributed by atoms with Gasteiger partial charge >= 0.3 is 0 Å². The molecule has 16 heavy (non-hydrogen) atoms. The van der Waals surface area contributed by atoms with Gasteiger partial charge in [0.1, 0.15) is 0 Å². The van der Waals surface area contributed by atoms with Crippen LogP contribution in [-0.2, 0) is 0 Å². The molecule has 1 aromatic heterocycles. The molecule has 0 spiro atoms. The van der Waals surface area contributed by atoms with Crippen LogP contribution < -0.4 is 5.32 Å². The van der Waals surface area contributed by atoms with Crippen LogP contribution in [0.15, 0.2) is 23.4 Å². The summed E-state index contributed by atoms with van der Waals surface area (Å²) in [5.74, 6) is 0.700. The molecule has 0 aromatic carbocycles. The fourth-order valence-electron chi connectivity index (χ4n) is 1.26. The van der Waals surface area contributed by atoms with Gasteiger partial charge < -0.3 is 5.32 Å². The van der Waals surface area contributed by atoms with Crippen LogP contribution in [0.2, 0.25) is 5.02 Å². The average molecular weight is 259 g/mol. The van der Waals surface area contributed by atoms with Gasteiger partial charge in [0.05, 0.1) is 10.0 Å². The summed E-state index contributed by atoms with van der Waals surface area (Å²) in [7, 11) is 0. The molecule has 0 aliphatic rings. The van der Waals surface area contributed by atoms with Crippen LogP contribution in [0.3, 0.4) is 0 Å². The van der Waals surface area contributed by atoms with Crippen molar-refractivity contribution in [2.75, 3.05) is 13.1 Å². The first-order valence-corrected chi connectivity index (χ1v) is 6.82. The normalized spacial score (nSPS) is 13.1. The van der Waals surface area contributed by atoms with Crippen molar-refractivity contribution in [2.24, 2.45) is 5.92 Å². The first-order chi connectivity index (χ1) is 7.58. The largest absolute Gasteiger partial charge is 0.315 e. The predicted molar refractivity (Wildman–Crippen MR) is 72.3 cm³/mol. The van der Waals surface area contributed by atoms with Crippen molar-refractivity contribution in [3.05, 3.63) is 23.4 Å². The van der Waals surface area contributed by atoms with E-state index in [9.17, 15) is 0 Å². The monoisotopic (exact) mass is 258 g/mol. The van der Waals surface area contributed by atoms with E-state index in [4.69, 9.17) is 11.6 Å². The van der Waals surface area contributed by atoms with Crippen LogP contribution in [-0.4, -0.2) is 23.3 Å². The lowest BCUT2D eigenvalue weighted by Gasteiger charge is -2.13. The van der Waals surface area contributed by atoms with Gasteiger partial charge in [0.15, 0.2) is 0 Å². The van der Waals surface area contributed by atoms with E-state index in [1.165, 1.54) is 0 Å². The minimum absolute atomic E-state index is 0.521. The van der Waals surface area contributed by atoms with Gasteiger partial charge in [0.2, 0.25) is 0 Å². The van der Waals surface area contributed by atoms with Crippen LogP contribution in [0, 0.1) is 5.92 Å². The van der Waals surface area contributed by atoms with Gasteiger partial charge in [-0.15, -0.1) is 11.8 Å². The molecule has 90 valence electrons. The molecule has 0 saturated heterocycles. The number of hydrogen-bond acceptors (Lipinski definition) is 3. The third kappa shape index (κ3) is 5.73. The maximum atomic E-state index is 5.78. The van der Waals surface area contributed by atoms with Crippen molar-refractivity contribution in [3.8, 4) is 0 Å². The molecule has 0 aliphatic heterocycles. The molecule has 1 atom stereocenters. The van der Waals surface area contributed by atoms with E-state index in [1.54, 1.807) is 18.0 Å². The van der Waals surface area contributed by atoms with Gasteiger partial charge in [-0.25, -0.2) is 4.98 Å². The Labute approximate surface area is 107 Å². The Hall–Kier alpha value is -0.250. The maximum Gasteiger partial charge on any atom is 0.0964 e. The van der Waals surface area contributed by atoms with E-state index >= 15 is 0 Å². The summed E-state index contributed by atoms with van der Waals surface area (Å²) in [4.78, 5) is 4.26. The Morgan fingerprint density at radius 1 is 1.31 bits per heavy atom. The SMILES string of the molecule is CC(C)CNCC(C)Sc1ccc(Cl)cn1. The topological polar surface area (TPSA) is 24.9 Å². The summed E-state index contributed by atoms with van der Waals surface area (Å²) in [5.41, 5.74) is 0. The van der Waals surface area contributed by atoms with Gasteiger partial charge in [0, 0.05) is 18.0 Å². The Balaban J connectivity index is 2.28. The molecule has 1 N–H and O–H groups in total. The highest BCUT2D eigenvalue weighted by atomic mass is 35.5. The van der Waals surface area contributed by atoms with E-state index in [0.717, 1.165) is 18.1 Å². The smallest absolute Gasteiger partial charge is 0.0964 e. The third-order valence-corrected chi connectivity index (χ3v) is 3.28. The zero-order valence-corrected chi connectivity index (χ0v) is 11.6. The number of rotatable bonds is 6. The highest BCUT2D eigenvalue weighted by Gasteiger charge is 2.05. The van der Waals surface area contributed by atoms with Gasteiger partial charge in [-0.1, -0.05) is 32.4 Å². The number of nitrogens with zero attached hydrogens (tertiary/aromatic N) is 1. The van der Waals surface area contributed by atoms with Crippen molar-refractivity contribution in [2.45, 2.75) is 31.0 Å². The molecule has 0 radical (unpaired) electrons. The van der Waals surface area contributed by atoms with E-state index in [0.29, 0.717) is 16.2 Å². The quantitative estimate of drug-likeness (QED) is 0.791. The Kier molecular flexibility index (Phi) is 6.17. The predicted octanol–water partition coefficient (Wildman–Crippen LogP) is 3.46. The van der Waals surface area contributed by atoms with E-state index in [1.807, 2.05) is 12.1 Å². The molecule has 1 rings (SSSR count). The van der Waals surface area contributed by atoms with Crippen LogP contribution >= 0.6 is 23.4 Å². The van der Waals surface area contributed by atoms with Crippen molar-refractivity contribution in [1.29, 1.82) is 0 Å². The lowest BCUT2D eigenvalue weighted by molar-refractivity contribution is 0.554. The molecular formula is C12H19ClN2S. The van der Waals surface area contributed by atoms with Gasteiger partial charge in [-0.2, -0.15) is 0 Å². The van der Waals surface area contributed by atoms with Gasteiger partial charge in [-0.05, 0) is 24.6 Å². The lowest BCUT2D eigenvalue weighted by Crippen LogP contribution is -2.26. The summed E-state index contributed by atoms with van der Waals surface area (Å²) >= 11 is 7.55. The zero-order chi connectivity index (χ0) is 12.0. The Morgan fingerprint density at radius 2 is 2.06 bits per heavy atom. The second-order valence-electron chi connectivity index (χ2n) is 4.30. The maximum absolute atomic E-state index is 5.78. The molecule has 0 bridgehead atoms. The van der Waals surface area contributed by atoms with Gasteiger partial charge in [-0.3, -0.25) is 0 Å².